The molecule has 0 aliphatic heterocycles. The molecule has 3 amide bonds. The molecule has 218 valence electrons. The molecule has 0 radical (unpaired) electrons. The minimum Gasteiger partial charge on any atom is -0.457 e. The molecule has 0 heterocycles. The Balaban J connectivity index is 1.65. The minimum atomic E-state index is -1.14. The predicted molar refractivity (Wildman–Crippen MR) is 161 cm³/mol. The van der Waals surface area contributed by atoms with Crippen molar-refractivity contribution in [2.24, 2.45) is 17.2 Å². The number of carbonyl (C=O) groups excluding carboxylic acids is 3. The minimum absolute atomic E-state index is 0.228. The fourth-order valence-corrected chi connectivity index (χ4v) is 4.19. The lowest BCUT2D eigenvalue weighted by molar-refractivity contribution is -0.134. The first-order valence-corrected chi connectivity index (χ1v) is 13.8. The van der Waals surface area contributed by atoms with Gasteiger partial charge in [-0.2, -0.15) is 0 Å². The molecule has 11 heteroatoms. The second kappa shape index (κ2) is 16.3. The van der Waals surface area contributed by atoms with Crippen LogP contribution < -0.4 is 32.6 Å². The molecule has 3 aromatic carbocycles. The second-order valence-electron chi connectivity index (χ2n) is 9.42. The van der Waals surface area contributed by atoms with E-state index in [2.05, 4.69) is 10.6 Å². The highest BCUT2D eigenvalue weighted by atomic mass is 35.5. The molecule has 3 rings (SSSR count). The van der Waals surface area contributed by atoms with Crippen LogP contribution in [0.1, 0.15) is 18.4 Å². The van der Waals surface area contributed by atoms with E-state index >= 15 is 0 Å². The van der Waals surface area contributed by atoms with Crippen molar-refractivity contribution in [2.45, 2.75) is 31.3 Å². The number of anilines is 1. The maximum absolute atomic E-state index is 13.3. The summed E-state index contributed by atoms with van der Waals surface area (Å²) in [4.78, 5) is 40.4. The molecule has 0 aliphatic carbocycles. The van der Waals surface area contributed by atoms with E-state index in [1.807, 2.05) is 30.3 Å². The van der Waals surface area contributed by atoms with E-state index in [0.29, 0.717) is 48.1 Å². The van der Waals surface area contributed by atoms with Crippen molar-refractivity contribution in [3.05, 3.63) is 89.4 Å². The molecule has 2 atom stereocenters. The quantitative estimate of drug-likeness (QED) is 0.184. The lowest BCUT2D eigenvalue weighted by Crippen LogP contribution is -2.52. The zero-order chi connectivity index (χ0) is 29.6. The van der Waals surface area contributed by atoms with Gasteiger partial charge >= 0.3 is 0 Å². The van der Waals surface area contributed by atoms with Crippen molar-refractivity contribution in [1.82, 2.24) is 10.2 Å². The van der Waals surface area contributed by atoms with Crippen molar-refractivity contribution in [1.29, 1.82) is 0 Å². The van der Waals surface area contributed by atoms with E-state index < -0.39 is 23.9 Å². The maximum Gasteiger partial charge on any atom is 0.246 e. The number of ether oxygens (including phenoxy) is 1. The molecule has 0 saturated carbocycles. The number of halogens is 1. The SMILES string of the molecule is NCCN(CCN)C(=O)C[C@H](N)C(=O)N[C@@H](CCc1ccccc1)C(=O)Nc1ccc(Oc2ccc(Cl)cc2)cc1. The summed E-state index contributed by atoms with van der Waals surface area (Å²) >= 11 is 5.92. The Hall–Kier alpha value is -3.96. The summed E-state index contributed by atoms with van der Waals surface area (Å²) in [6, 6.07) is 21.4. The average Bonchev–Trinajstić information content (AvgIpc) is 2.97. The fraction of sp³-hybridized carbons (Fsp3) is 0.300. The normalized spacial score (nSPS) is 12.2. The highest BCUT2D eigenvalue weighted by Crippen LogP contribution is 2.24. The monoisotopic (exact) mass is 580 g/mol. The van der Waals surface area contributed by atoms with Gasteiger partial charge in [0.1, 0.15) is 17.5 Å². The van der Waals surface area contributed by atoms with Crippen molar-refractivity contribution in [3.63, 3.8) is 0 Å². The van der Waals surface area contributed by atoms with E-state index in [1.165, 1.54) is 4.90 Å². The van der Waals surface area contributed by atoms with Gasteiger partial charge in [0.05, 0.1) is 12.5 Å². The lowest BCUT2D eigenvalue weighted by Gasteiger charge is -2.24. The molecular formula is C30H37ClN6O4. The van der Waals surface area contributed by atoms with Gasteiger partial charge in [-0.25, -0.2) is 0 Å². The largest absolute Gasteiger partial charge is 0.457 e. The molecule has 0 unspecified atom stereocenters. The Labute approximate surface area is 245 Å². The molecule has 0 fully saturated rings. The van der Waals surface area contributed by atoms with Crippen LogP contribution in [0, 0.1) is 0 Å². The third-order valence-electron chi connectivity index (χ3n) is 6.25. The maximum atomic E-state index is 13.3. The Kier molecular flexibility index (Phi) is 12.6. The third-order valence-corrected chi connectivity index (χ3v) is 6.50. The Morgan fingerprint density at radius 1 is 0.829 bits per heavy atom. The van der Waals surface area contributed by atoms with Crippen molar-refractivity contribution < 1.29 is 19.1 Å². The van der Waals surface area contributed by atoms with Crippen molar-refractivity contribution >= 4 is 35.0 Å². The molecule has 0 bridgehead atoms. The summed E-state index contributed by atoms with van der Waals surface area (Å²) in [5.41, 5.74) is 18.8. The molecule has 41 heavy (non-hydrogen) atoms. The standard InChI is InChI=1S/C30H37ClN6O4/c31-22-7-11-24(12-8-22)41-25-13-9-23(10-14-25)35-30(40)27(15-6-21-4-2-1-3-5-21)36-29(39)26(34)20-28(38)37(18-16-32)19-17-33/h1-5,7-14,26-27H,6,15-20,32-34H2,(H,35,40)(H,36,39)/t26-,27-/m0/s1. The zero-order valence-electron chi connectivity index (χ0n) is 22.8. The van der Waals surface area contributed by atoms with Gasteiger partial charge in [-0.15, -0.1) is 0 Å². The Bertz CT molecular complexity index is 1250. The Morgan fingerprint density at radius 2 is 1.41 bits per heavy atom. The van der Waals surface area contributed by atoms with Gasteiger partial charge in [-0.3, -0.25) is 14.4 Å². The molecule has 3 aromatic rings. The van der Waals surface area contributed by atoms with Crippen molar-refractivity contribution in [3.8, 4) is 11.5 Å². The molecule has 0 aromatic heterocycles. The first kappa shape index (κ1) is 31.6. The van der Waals surface area contributed by atoms with E-state index in [9.17, 15) is 14.4 Å². The Morgan fingerprint density at radius 3 is 2.00 bits per heavy atom. The van der Waals surface area contributed by atoms with Crippen LogP contribution in [-0.2, 0) is 20.8 Å². The van der Waals surface area contributed by atoms with Gasteiger partial charge in [-0.05, 0) is 66.9 Å². The van der Waals surface area contributed by atoms with Crippen LogP contribution in [0.5, 0.6) is 11.5 Å². The van der Waals surface area contributed by atoms with Gasteiger partial charge in [0.15, 0.2) is 0 Å². The summed E-state index contributed by atoms with van der Waals surface area (Å²) in [7, 11) is 0. The van der Waals surface area contributed by atoms with Gasteiger partial charge in [0.2, 0.25) is 17.7 Å². The second-order valence-corrected chi connectivity index (χ2v) is 9.86. The number of hydrogen-bond acceptors (Lipinski definition) is 7. The number of benzene rings is 3. The molecule has 0 spiro atoms. The number of nitrogens with one attached hydrogen (secondary N) is 2. The van der Waals surface area contributed by atoms with Crippen LogP contribution in [-0.4, -0.2) is 60.9 Å². The summed E-state index contributed by atoms with van der Waals surface area (Å²) in [5.74, 6) is -0.132. The van der Waals surface area contributed by atoms with E-state index in [0.717, 1.165) is 5.56 Å². The van der Waals surface area contributed by atoms with E-state index in [4.69, 9.17) is 33.5 Å². The van der Waals surface area contributed by atoms with E-state index in [-0.39, 0.29) is 25.4 Å². The number of amides is 3. The molecular weight excluding hydrogens is 544 g/mol. The van der Waals surface area contributed by atoms with Crippen LogP contribution in [0.15, 0.2) is 78.9 Å². The highest BCUT2D eigenvalue weighted by molar-refractivity contribution is 6.30. The molecule has 0 aliphatic rings. The fourth-order valence-electron chi connectivity index (χ4n) is 4.06. The van der Waals surface area contributed by atoms with Gasteiger partial charge in [0.25, 0.3) is 0 Å². The predicted octanol–water partition coefficient (Wildman–Crippen LogP) is 2.65. The number of aryl methyl sites for hydroxylation is 1. The first-order valence-electron chi connectivity index (χ1n) is 13.4. The van der Waals surface area contributed by atoms with Gasteiger partial charge in [-0.1, -0.05) is 41.9 Å². The van der Waals surface area contributed by atoms with E-state index in [1.54, 1.807) is 48.5 Å². The molecule has 10 nitrogen and oxygen atoms in total. The number of carbonyl (C=O) groups is 3. The highest BCUT2D eigenvalue weighted by Gasteiger charge is 2.26. The number of hydrogen-bond donors (Lipinski definition) is 5. The summed E-state index contributed by atoms with van der Waals surface area (Å²) < 4.78 is 5.80. The van der Waals surface area contributed by atoms with Crippen LogP contribution in [0.4, 0.5) is 5.69 Å². The summed E-state index contributed by atoms with van der Waals surface area (Å²) in [5, 5.41) is 6.18. The van der Waals surface area contributed by atoms with Crippen LogP contribution in [0.25, 0.3) is 0 Å². The molecule has 8 N–H and O–H groups in total. The van der Waals surface area contributed by atoms with Crippen LogP contribution in [0.3, 0.4) is 0 Å². The van der Waals surface area contributed by atoms with Crippen LogP contribution >= 0.6 is 11.6 Å². The lowest BCUT2D eigenvalue weighted by atomic mass is 10.0. The smallest absolute Gasteiger partial charge is 0.246 e. The average molecular weight is 581 g/mol. The summed E-state index contributed by atoms with van der Waals surface area (Å²) in [6.07, 6.45) is 0.641. The van der Waals surface area contributed by atoms with Crippen LogP contribution in [0.2, 0.25) is 5.02 Å². The number of nitrogens with zero attached hydrogens (tertiary/aromatic N) is 1. The van der Waals surface area contributed by atoms with Gasteiger partial charge in [0, 0.05) is 36.9 Å². The number of rotatable bonds is 15. The van der Waals surface area contributed by atoms with Gasteiger partial charge < -0.3 is 37.5 Å². The molecule has 0 saturated heterocycles. The zero-order valence-corrected chi connectivity index (χ0v) is 23.6. The first-order chi connectivity index (χ1) is 19.8. The third kappa shape index (κ3) is 10.5. The van der Waals surface area contributed by atoms with Crippen molar-refractivity contribution in [2.75, 3.05) is 31.5 Å². The topological polar surface area (TPSA) is 166 Å². The number of nitrogens with two attached hydrogens (primary N) is 3. The summed E-state index contributed by atoms with van der Waals surface area (Å²) in [6.45, 7) is 1.16.